The van der Waals surface area contributed by atoms with Gasteiger partial charge in [0.05, 0.1) is 12.6 Å². The maximum Gasteiger partial charge on any atom is 0.198 e. The molecule has 0 aliphatic heterocycles. The Morgan fingerprint density at radius 1 is 1.07 bits per heavy atom. The Morgan fingerprint density at radius 3 is 2.48 bits per heavy atom. The lowest BCUT2D eigenvalue weighted by Crippen LogP contribution is -2.16. The molecule has 0 aliphatic carbocycles. The summed E-state index contributed by atoms with van der Waals surface area (Å²) in [5.41, 5.74) is 5.94. The van der Waals surface area contributed by atoms with E-state index in [-0.39, 0.29) is 11.4 Å². The van der Waals surface area contributed by atoms with Crippen molar-refractivity contribution in [1.29, 1.82) is 0 Å². The molecule has 0 saturated carbocycles. The monoisotopic (exact) mass is 375 g/mol. The minimum Gasteiger partial charge on any atom is -0.493 e. The maximum absolute atomic E-state index is 14.1. The summed E-state index contributed by atoms with van der Waals surface area (Å²) < 4.78 is 44.7. The minimum absolute atomic E-state index is 0.0260. The van der Waals surface area contributed by atoms with Crippen LogP contribution >= 0.6 is 0 Å². The van der Waals surface area contributed by atoms with Crippen molar-refractivity contribution < 1.29 is 23.0 Å². The number of benzene rings is 2. The van der Waals surface area contributed by atoms with E-state index in [0.29, 0.717) is 35.6 Å². The van der Waals surface area contributed by atoms with Crippen LogP contribution < -0.4 is 25.3 Å². The third-order valence-corrected chi connectivity index (χ3v) is 3.83. The summed E-state index contributed by atoms with van der Waals surface area (Å²) in [6.07, 6.45) is 1.48. The van der Waals surface area contributed by atoms with Crippen LogP contribution in [0.5, 0.6) is 23.0 Å². The first-order valence-corrected chi connectivity index (χ1v) is 8.20. The Balaban J connectivity index is 2.02. The zero-order valence-electron chi connectivity index (χ0n) is 14.9. The fourth-order valence-electron chi connectivity index (χ4n) is 2.54. The van der Waals surface area contributed by atoms with Crippen LogP contribution in [0.3, 0.4) is 0 Å². The average molecular weight is 375 g/mol. The molecule has 27 heavy (non-hydrogen) atoms. The van der Waals surface area contributed by atoms with Gasteiger partial charge in [0.1, 0.15) is 12.4 Å². The molecule has 0 amide bonds. The van der Waals surface area contributed by atoms with Gasteiger partial charge in [-0.1, -0.05) is 0 Å². The van der Waals surface area contributed by atoms with Crippen LogP contribution in [0.2, 0.25) is 0 Å². The quantitative estimate of drug-likeness (QED) is 0.486. The average Bonchev–Trinajstić information content (AvgIpc) is 2.64. The lowest BCUT2D eigenvalue weighted by Gasteiger charge is -2.14. The van der Waals surface area contributed by atoms with E-state index in [1.165, 1.54) is 19.4 Å². The maximum atomic E-state index is 14.1. The SMILES string of the molecule is CNCCOc1cc2nccc(Oc3c(F)cc(N)cc3F)c2cc1OC. The summed E-state index contributed by atoms with van der Waals surface area (Å²) in [7, 11) is 3.32. The summed E-state index contributed by atoms with van der Waals surface area (Å²) in [5, 5.41) is 3.50. The standard InChI is InChI=1S/C19H19F2N3O3/c1-23-5-6-26-18-10-15-12(9-17(18)25-2)16(3-4-24-15)27-19-13(20)7-11(22)8-14(19)21/h3-4,7-10,23H,5-6,22H2,1-2H3. The zero-order chi connectivity index (χ0) is 19.4. The second-order valence-corrected chi connectivity index (χ2v) is 5.70. The zero-order valence-corrected chi connectivity index (χ0v) is 14.9. The molecule has 3 rings (SSSR count). The molecule has 0 radical (unpaired) electrons. The van der Waals surface area contributed by atoms with Gasteiger partial charge in [0, 0.05) is 42.0 Å². The number of methoxy groups -OCH3 is 1. The number of aromatic nitrogens is 1. The van der Waals surface area contributed by atoms with Gasteiger partial charge in [-0.05, 0) is 19.2 Å². The van der Waals surface area contributed by atoms with E-state index in [9.17, 15) is 8.78 Å². The van der Waals surface area contributed by atoms with E-state index in [2.05, 4.69) is 10.3 Å². The molecule has 0 saturated heterocycles. The molecule has 1 aromatic heterocycles. The predicted octanol–water partition coefficient (Wildman–Crippen LogP) is 3.49. The van der Waals surface area contributed by atoms with Crippen LogP contribution in [0.25, 0.3) is 10.9 Å². The van der Waals surface area contributed by atoms with Crippen LogP contribution in [0.15, 0.2) is 36.5 Å². The van der Waals surface area contributed by atoms with Gasteiger partial charge in [-0.15, -0.1) is 0 Å². The Morgan fingerprint density at radius 2 is 1.81 bits per heavy atom. The number of nitrogens with one attached hydrogen (secondary N) is 1. The van der Waals surface area contributed by atoms with Crippen molar-refractivity contribution >= 4 is 16.6 Å². The number of hydrogen-bond acceptors (Lipinski definition) is 6. The predicted molar refractivity (Wildman–Crippen MR) is 98.6 cm³/mol. The van der Waals surface area contributed by atoms with Crippen LogP contribution in [0, 0.1) is 11.6 Å². The number of nitrogens with zero attached hydrogens (tertiary/aromatic N) is 1. The highest BCUT2D eigenvalue weighted by atomic mass is 19.1. The van der Waals surface area contributed by atoms with Gasteiger partial charge in [-0.3, -0.25) is 4.98 Å². The number of nitrogen functional groups attached to an aromatic ring is 1. The molecule has 0 fully saturated rings. The summed E-state index contributed by atoms with van der Waals surface area (Å²) in [4.78, 5) is 4.27. The highest BCUT2D eigenvalue weighted by Crippen LogP contribution is 2.38. The molecule has 0 atom stereocenters. The van der Waals surface area contributed by atoms with Gasteiger partial charge in [0.2, 0.25) is 0 Å². The van der Waals surface area contributed by atoms with Crippen molar-refractivity contribution in [3.05, 3.63) is 48.2 Å². The molecule has 6 nitrogen and oxygen atoms in total. The largest absolute Gasteiger partial charge is 0.493 e. The molecule has 0 spiro atoms. The molecular weight excluding hydrogens is 356 g/mol. The summed E-state index contributed by atoms with van der Waals surface area (Å²) >= 11 is 0. The van der Waals surface area contributed by atoms with Gasteiger partial charge < -0.3 is 25.3 Å². The second-order valence-electron chi connectivity index (χ2n) is 5.70. The van der Waals surface area contributed by atoms with Crippen molar-refractivity contribution in [1.82, 2.24) is 10.3 Å². The van der Waals surface area contributed by atoms with Gasteiger partial charge in [0.25, 0.3) is 0 Å². The molecule has 0 bridgehead atoms. The van der Waals surface area contributed by atoms with E-state index in [1.807, 2.05) is 7.05 Å². The first kappa shape index (κ1) is 18.7. The Hall–Kier alpha value is -3.13. The highest BCUT2D eigenvalue weighted by molar-refractivity contribution is 5.88. The molecule has 8 heteroatoms. The van der Waals surface area contributed by atoms with E-state index in [4.69, 9.17) is 19.9 Å². The number of hydrogen-bond donors (Lipinski definition) is 2. The van der Waals surface area contributed by atoms with Gasteiger partial charge in [-0.25, -0.2) is 8.78 Å². The van der Waals surface area contributed by atoms with Crippen molar-refractivity contribution in [2.24, 2.45) is 0 Å². The van der Waals surface area contributed by atoms with Crippen molar-refractivity contribution in [3.63, 3.8) is 0 Å². The number of ether oxygens (including phenoxy) is 3. The van der Waals surface area contributed by atoms with E-state index < -0.39 is 17.4 Å². The van der Waals surface area contributed by atoms with E-state index in [0.717, 1.165) is 12.1 Å². The van der Waals surface area contributed by atoms with Crippen LogP contribution in [-0.2, 0) is 0 Å². The minimum atomic E-state index is -0.892. The van der Waals surface area contributed by atoms with Crippen molar-refractivity contribution in [2.75, 3.05) is 33.0 Å². The van der Waals surface area contributed by atoms with Gasteiger partial charge >= 0.3 is 0 Å². The molecular formula is C19H19F2N3O3. The Labute approximate surface area is 154 Å². The first-order chi connectivity index (χ1) is 13.0. The number of likely N-dealkylation sites (N-methyl/N-ethyl adjacent to an activating group) is 1. The Bertz CT molecular complexity index is 943. The molecule has 0 unspecified atom stereocenters. The smallest absolute Gasteiger partial charge is 0.198 e. The number of pyridine rings is 1. The lowest BCUT2D eigenvalue weighted by molar-refractivity contribution is 0.296. The normalized spacial score (nSPS) is 10.8. The lowest BCUT2D eigenvalue weighted by atomic mass is 10.1. The highest BCUT2D eigenvalue weighted by Gasteiger charge is 2.16. The number of rotatable bonds is 7. The van der Waals surface area contributed by atoms with Gasteiger partial charge in [-0.2, -0.15) is 0 Å². The van der Waals surface area contributed by atoms with Crippen LogP contribution in [-0.4, -0.2) is 32.3 Å². The summed E-state index contributed by atoms with van der Waals surface area (Å²) in [6.45, 7) is 1.10. The molecule has 1 heterocycles. The second kappa shape index (κ2) is 8.05. The topological polar surface area (TPSA) is 78.6 Å². The van der Waals surface area contributed by atoms with E-state index in [1.54, 1.807) is 12.1 Å². The fraction of sp³-hybridized carbons (Fsp3) is 0.211. The van der Waals surface area contributed by atoms with Gasteiger partial charge in [0.15, 0.2) is 28.9 Å². The number of nitrogens with two attached hydrogens (primary N) is 1. The first-order valence-electron chi connectivity index (χ1n) is 8.20. The molecule has 3 N–H and O–H groups in total. The third-order valence-electron chi connectivity index (χ3n) is 3.83. The molecule has 142 valence electrons. The summed E-state index contributed by atoms with van der Waals surface area (Å²) in [5.74, 6) is -1.13. The Kier molecular flexibility index (Phi) is 5.56. The van der Waals surface area contributed by atoms with Crippen molar-refractivity contribution in [3.8, 4) is 23.0 Å². The summed E-state index contributed by atoms with van der Waals surface area (Å²) in [6, 6.07) is 6.84. The van der Waals surface area contributed by atoms with E-state index >= 15 is 0 Å². The fourth-order valence-corrected chi connectivity index (χ4v) is 2.54. The molecule has 0 aliphatic rings. The third kappa shape index (κ3) is 4.01. The number of fused-ring (bicyclic) bond motifs is 1. The number of halogens is 2. The van der Waals surface area contributed by atoms with Crippen LogP contribution in [0.1, 0.15) is 0 Å². The molecule has 3 aromatic rings. The molecule has 2 aromatic carbocycles. The van der Waals surface area contributed by atoms with Crippen molar-refractivity contribution in [2.45, 2.75) is 0 Å². The number of anilines is 1. The van der Waals surface area contributed by atoms with Crippen LogP contribution in [0.4, 0.5) is 14.5 Å².